The van der Waals surface area contributed by atoms with Crippen molar-refractivity contribution in [1.29, 1.82) is 0 Å². The minimum Gasteiger partial charge on any atom is -0.436 e. The van der Waals surface area contributed by atoms with Crippen molar-refractivity contribution in [1.82, 2.24) is 4.98 Å². The van der Waals surface area contributed by atoms with Gasteiger partial charge in [0.1, 0.15) is 11.4 Å². The summed E-state index contributed by atoms with van der Waals surface area (Å²) in [5.41, 5.74) is 0.571. The van der Waals surface area contributed by atoms with Crippen LogP contribution in [0.15, 0.2) is 47.6 Å². The van der Waals surface area contributed by atoms with Crippen LogP contribution in [0.1, 0.15) is 0 Å². The number of para-hydroxylation sites is 1. The Bertz CT molecular complexity index is 582. The molecule has 0 aliphatic rings. The molecule has 0 radical (unpaired) electrons. The van der Waals surface area contributed by atoms with Crippen molar-refractivity contribution in [3.63, 3.8) is 0 Å². The number of benzene rings is 1. The van der Waals surface area contributed by atoms with Gasteiger partial charge in [-0.2, -0.15) is 4.99 Å². The van der Waals surface area contributed by atoms with Crippen LogP contribution < -0.4 is 4.74 Å². The molecule has 84 valence electrons. The summed E-state index contributed by atoms with van der Waals surface area (Å²) >= 11 is 6.78. The molecule has 0 aliphatic carbocycles. The second-order valence-electron chi connectivity index (χ2n) is 3.06. The molecule has 0 saturated heterocycles. The molecule has 1 aromatic heterocycles. The van der Waals surface area contributed by atoms with E-state index in [0.29, 0.717) is 11.6 Å². The molecule has 0 atom stereocenters. The van der Waals surface area contributed by atoms with Gasteiger partial charge in [0.25, 0.3) is 0 Å². The highest BCUT2D eigenvalue weighted by atomic mass is 127. The molecule has 1 aromatic carbocycles. The van der Waals surface area contributed by atoms with Gasteiger partial charge in [-0.3, -0.25) is 0 Å². The Morgan fingerprint density at radius 3 is 2.82 bits per heavy atom. The van der Waals surface area contributed by atoms with Crippen molar-refractivity contribution < 1.29 is 4.74 Å². The van der Waals surface area contributed by atoms with Gasteiger partial charge in [-0.25, -0.2) is 4.98 Å². The first-order valence-electron chi connectivity index (χ1n) is 4.76. The lowest BCUT2D eigenvalue weighted by Crippen LogP contribution is -1.89. The zero-order valence-electron chi connectivity index (χ0n) is 8.63. The van der Waals surface area contributed by atoms with Crippen molar-refractivity contribution >= 4 is 45.7 Å². The third-order valence-electron chi connectivity index (χ3n) is 1.96. The molecule has 0 spiro atoms. The molecule has 0 N–H and O–H groups in total. The van der Waals surface area contributed by atoms with E-state index < -0.39 is 0 Å². The molecular formula is C12H7IN2OS. The molecule has 0 bridgehead atoms. The Labute approximate surface area is 118 Å². The van der Waals surface area contributed by atoms with Crippen molar-refractivity contribution in [3.05, 3.63) is 46.2 Å². The van der Waals surface area contributed by atoms with Crippen molar-refractivity contribution in [3.8, 4) is 11.6 Å². The summed E-state index contributed by atoms with van der Waals surface area (Å²) in [5.74, 6) is 1.17. The third-order valence-corrected chi connectivity index (χ3v) is 2.94. The lowest BCUT2D eigenvalue weighted by atomic mass is 10.3. The molecule has 0 unspecified atom stereocenters. The summed E-state index contributed by atoms with van der Waals surface area (Å²) in [7, 11) is 0. The number of nitrogens with zero attached hydrogens (tertiary/aromatic N) is 2. The second-order valence-corrected chi connectivity index (χ2v) is 4.41. The summed E-state index contributed by atoms with van der Waals surface area (Å²) in [6.45, 7) is 0. The zero-order valence-corrected chi connectivity index (χ0v) is 11.6. The molecule has 0 saturated carbocycles. The number of isothiocyanates is 1. The molecular weight excluding hydrogens is 347 g/mol. The zero-order chi connectivity index (χ0) is 12.1. The van der Waals surface area contributed by atoms with E-state index in [9.17, 15) is 0 Å². The van der Waals surface area contributed by atoms with Crippen molar-refractivity contribution in [2.45, 2.75) is 0 Å². The van der Waals surface area contributed by atoms with E-state index in [1.165, 1.54) is 0 Å². The van der Waals surface area contributed by atoms with Crippen LogP contribution in [-0.4, -0.2) is 10.1 Å². The number of ether oxygens (including phenoxy) is 1. The van der Waals surface area contributed by atoms with Crippen LogP contribution in [0.5, 0.6) is 11.6 Å². The predicted molar refractivity (Wildman–Crippen MR) is 78.2 cm³/mol. The topological polar surface area (TPSA) is 34.5 Å². The Morgan fingerprint density at radius 1 is 1.24 bits per heavy atom. The molecule has 0 fully saturated rings. The standard InChI is InChI=1S/C12H7IN2OS/c13-9-4-1-2-6-11(9)16-12-10(15-8-17)5-3-7-14-12/h1-7H. The minimum absolute atomic E-state index is 0.425. The summed E-state index contributed by atoms with van der Waals surface area (Å²) in [6.07, 6.45) is 1.65. The van der Waals surface area contributed by atoms with Gasteiger partial charge in [-0.05, 0) is 59.1 Å². The quantitative estimate of drug-likeness (QED) is 0.470. The number of pyridine rings is 1. The second kappa shape index (κ2) is 5.86. The molecule has 5 heteroatoms. The molecule has 1 heterocycles. The Balaban J connectivity index is 2.36. The van der Waals surface area contributed by atoms with E-state index in [1.807, 2.05) is 24.3 Å². The Morgan fingerprint density at radius 2 is 2.06 bits per heavy atom. The summed E-state index contributed by atoms with van der Waals surface area (Å²) in [4.78, 5) is 8.04. The monoisotopic (exact) mass is 354 g/mol. The maximum Gasteiger partial charge on any atom is 0.246 e. The van der Waals surface area contributed by atoms with Crippen molar-refractivity contribution in [2.75, 3.05) is 0 Å². The highest BCUT2D eigenvalue weighted by Crippen LogP contribution is 2.31. The number of hydrogen-bond donors (Lipinski definition) is 0. The van der Waals surface area contributed by atoms with Gasteiger partial charge >= 0.3 is 0 Å². The SMILES string of the molecule is S=C=Nc1cccnc1Oc1ccccc1I. The Hall–Kier alpha value is -1.30. The van der Waals surface area contributed by atoms with Crippen LogP contribution in [0.4, 0.5) is 5.69 Å². The lowest BCUT2D eigenvalue weighted by Gasteiger charge is -2.07. The fraction of sp³-hybridized carbons (Fsp3) is 0. The third kappa shape index (κ3) is 3.09. The van der Waals surface area contributed by atoms with E-state index in [0.717, 1.165) is 9.32 Å². The fourth-order valence-corrected chi connectivity index (χ4v) is 1.82. The number of aromatic nitrogens is 1. The summed E-state index contributed by atoms with van der Waals surface area (Å²) in [6, 6.07) is 11.2. The van der Waals surface area contributed by atoms with Gasteiger partial charge in [-0.15, -0.1) is 0 Å². The fourth-order valence-electron chi connectivity index (χ4n) is 1.23. The number of halogens is 1. The van der Waals surface area contributed by atoms with E-state index in [1.54, 1.807) is 18.3 Å². The summed E-state index contributed by atoms with van der Waals surface area (Å²) in [5, 5.41) is 2.31. The maximum absolute atomic E-state index is 5.69. The smallest absolute Gasteiger partial charge is 0.246 e. The minimum atomic E-state index is 0.425. The van der Waals surface area contributed by atoms with Gasteiger partial charge in [0.05, 0.1) is 8.73 Å². The highest BCUT2D eigenvalue weighted by Gasteiger charge is 2.06. The van der Waals surface area contributed by atoms with Crippen LogP contribution in [0.3, 0.4) is 0 Å². The van der Waals surface area contributed by atoms with Gasteiger partial charge < -0.3 is 4.74 Å². The molecule has 2 rings (SSSR count). The van der Waals surface area contributed by atoms with Gasteiger partial charge in [0.15, 0.2) is 0 Å². The highest BCUT2D eigenvalue weighted by molar-refractivity contribution is 14.1. The first-order valence-corrected chi connectivity index (χ1v) is 6.25. The normalized spacial score (nSPS) is 9.47. The lowest BCUT2D eigenvalue weighted by molar-refractivity contribution is 0.461. The number of aliphatic imine (C=N–C) groups is 1. The molecule has 0 aliphatic heterocycles. The summed E-state index contributed by atoms with van der Waals surface area (Å²) < 4.78 is 6.70. The Kier molecular flexibility index (Phi) is 4.19. The van der Waals surface area contributed by atoms with Gasteiger partial charge in [0, 0.05) is 6.20 Å². The van der Waals surface area contributed by atoms with Crippen LogP contribution in [0, 0.1) is 3.57 Å². The van der Waals surface area contributed by atoms with Crippen LogP contribution in [0.2, 0.25) is 0 Å². The first kappa shape index (κ1) is 12.2. The van der Waals surface area contributed by atoms with E-state index >= 15 is 0 Å². The molecule has 3 nitrogen and oxygen atoms in total. The first-order chi connectivity index (χ1) is 8.31. The maximum atomic E-state index is 5.69. The predicted octanol–water partition coefficient (Wildman–Crippen LogP) is 4.21. The van der Waals surface area contributed by atoms with Gasteiger partial charge in [0.2, 0.25) is 5.88 Å². The largest absolute Gasteiger partial charge is 0.436 e. The van der Waals surface area contributed by atoms with Crippen LogP contribution >= 0.6 is 34.8 Å². The van der Waals surface area contributed by atoms with E-state index in [4.69, 9.17) is 4.74 Å². The van der Waals surface area contributed by atoms with E-state index in [-0.39, 0.29) is 0 Å². The van der Waals surface area contributed by atoms with Crippen LogP contribution in [-0.2, 0) is 0 Å². The number of thiocarbonyl (C=S) groups is 1. The van der Waals surface area contributed by atoms with Gasteiger partial charge in [-0.1, -0.05) is 12.1 Å². The molecule has 17 heavy (non-hydrogen) atoms. The van der Waals surface area contributed by atoms with Crippen LogP contribution in [0.25, 0.3) is 0 Å². The average molecular weight is 354 g/mol. The average Bonchev–Trinajstić information content (AvgIpc) is 2.35. The number of hydrogen-bond acceptors (Lipinski definition) is 4. The molecule has 0 amide bonds. The number of rotatable bonds is 3. The van der Waals surface area contributed by atoms with E-state index in [2.05, 4.69) is 49.9 Å². The molecule has 2 aromatic rings. The van der Waals surface area contributed by atoms with Crippen molar-refractivity contribution in [2.24, 2.45) is 4.99 Å².